The van der Waals surface area contributed by atoms with Crippen LogP contribution in [0.25, 0.3) is 0 Å². The van der Waals surface area contributed by atoms with Crippen LogP contribution in [0.5, 0.6) is 0 Å². The Bertz CT molecular complexity index is 87.8. The molecular weight excluding hydrogens is 148 g/mol. The summed E-state index contributed by atoms with van der Waals surface area (Å²) in [7, 11) is 0. The molecule has 1 fully saturated rings. The molecule has 1 rings (SSSR count). The highest BCUT2D eigenvalue weighted by Gasteiger charge is 2.16. The van der Waals surface area contributed by atoms with E-state index in [9.17, 15) is 0 Å². The van der Waals surface area contributed by atoms with Crippen molar-refractivity contribution in [2.75, 3.05) is 13.2 Å². The van der Waals surface area contributed by atoms with Crippen LogP contribution in [0.2, 0.25) is 0 Å². The van der Waals surface area contributed by atoms with Gasteiger partial charge in [-0.1, -0.05) is 34.1 Å². The van der Waals surface area contributed by atoms with Crippen molar-refractivity contribution < 1.29 is 0 Å². The molecule has 12 heavy (non-hydrogen) atoms. The Morgan fingerprint density at radius 3 is 2.50 bits per heavy atom. The average Bonchev–Trinajstić information content (AvgIpc) is 2.21. The normalized spacial score (nSPS) is 25.5. The third kappa shape index (κ3) is 4.07. The summed E-state index contributed by atoms with van der Waals surface area (Å²) >= 11 is 0. The van der Waals surface area contributed by atoms with E-state index in [1.165, 1.54) is 19.4 Å². The Morgan fingerprint density at radius 2 is 2.08 bits per heavy atom. The van der Waals surface area contributed by atoms with Crippen LogP contribution in [0.1, 0.15) is 40.5 Å². The highest BCUT2D eigenvalue weighted by molar-refractivity contribution is 4.76. The summed E-state index contributed by atoms with van der Waals surface area (Å²) in [6.07, 6.45) is 2.58. The molecule has 0 spiro atoms. The van der Waals surface area contributed by atoms with Gasteiger partial charge in [-0.05, 0) is 18.9 Å². The van der Waals surface area contributed by atoms with Gasteiger partial charge in [0.25, 0.3) is 0 Å². The minimum absolute atomic E-state index is 0.756. The van der Waals surface area contributed by atoms with E-state index >= 15 is 0 Å². The van der Waals surface area contributed by atoms with E-state index < -0.39 is 0 Å². The van der Waals surface area contributed by atoms with Gasteiger partial charge in [-0.2, -0.15) is 0 Å². The maximum Gasteiger partial charge on any atom is 0.0456 e. The minimum Gasteiger partial charge on any atom is -0.304 e. The molecule has 1 saturated heterocycles. The fourth-order valence-electron chi connectivity index (χ4n) is 1.42. The molecule has 0 aliphatic carbocycles. The first kappa shape index (κ1) is 11.9. The average molecular weight is 172 g/mol. The second-order valence-corrected chi connectivity index (χ2v) is 3.16. The van der Waals surface area contributed by atoms with E-state index in [2.05, 4.69) is 24.5 Å². The highest BCUT2D eigenvalue weighted by Crippen LogP contribution is 2.11. The minimum atomic E-state index is 0.756. The Labute approximate surface area is 77.1 Å². The monoisotopic (exact) mass is 172 g/mol. The van der Waals surface area contributed by atoms with Crippen LogP contribution in [0, 0.1) is 5.92 Å². The van der Waals surface area contributed by atoms with Gasteiger partial charge in [0.1, 0.15) is 0 Å². The molecule has 0 bridgehead atoms. The number of hydrogen-bond donors (Lipinski definition) is 2. The molecule has 74 valence electrons. The van der Waals surface area contributed by atoms with Gasteiger partial charge in [0, 0.05) is 12.7 Å². The first-order valence-corrected chi connectivity index (χ1v) is 5.28. The lowest BCUT2D eigenvalue weighted by Crippen LogP contribution is -2.47. The van der Waals surface area contributed by atoms with Gasteiger partial charge in [-0.25, -0.2) is 0 Å². The van der Waals surface area contributed by atoms with Crippen LogP contribution < -0.4 is 10.6 Å². The fourth-order valence-corrected chi connectivity index (χ4v) is 1.42. The van der Waals surface area contributed by atoms with E-state index in [0.717, 1.165) is 18.6 Å². The molecule has 0 saturated carbocycles. The van der Waals surface area contributed by atoms with Gasteiger partial charge in [-0.3, -0.25) is 0 Å². The van der Waals surface area contributed by atoms with E-state index in [1.807, 2.05) is 13.8 Å². The fraction of sp³-hybridized carbons (Fsp3) is 1.00. The molecule has 0 aromatic rings. The summed E-state index contributed by atoms with van der Waals surface area (Å²) in [6.45, 7) is 10.8. The standard InChI is InChI=1S/C8H18N2.C2H6/c1-3-7(2)8-4-5-9-6-10-8;1-2/h7-10H,3-6H2,1-2H3;1-2H3. The third-order valence-electron chi connectivity index (χ3n) is 2.45. The van der Waals surface area contributed by atoms with Gasteiger partial charge in [-0.15, -0.1) is 0 Å². The number of hydrogen-bond acceptors (Lipinski definition) is 2. The van der Waals surface area contributed by atoms with E-state index in [0.29, 0.717) is 0 Å². The van der Waals surface area contributed by atoms with Crippen molar-refractivity contribution in [2.45, 2.75) is 46.6 Å². The molecule has 1 aliphatic rings. The largest absolute Gasteiger partial charge is 0.304 e. The summed E-state index contributed by atoms with van der Waals surface area (Å²) in [5, 5.41) is 6.74. The maximum absolute atomic E-state index is 3.46. The molecule has 0 aromatic carbocycles. The summed E-state index contributed by atoms with van der Waals surface area (Å²) < 4.78 is 0. The zero-order valence-electron chi connectivity index (χ0n) is 8.98. The Hall–Kier alpha value is -0.0800. The van der Waals surface area contributed by atoms with Gasteiger partial charge in [0.2, 0.25) is 0 Å². The molecule has 2 N–H and O–H groups in total. The molecule has 2 heteroatoms. The molecule has 1 heterocycles. The lowest BCUT2D eigenvalue weighted by Gasteiger charge is -2.28. The molecule has 0 radical (unpaired) electrons. The quantitative estimate of drug-likeness (QED) is 0.665. The van der Waals surface area contributed by atoms with Crippen LogP contribution in [0.4, 0.5) is 0 Å². The predicted octanol–water partition coefficient (Wildman–Crippen LogP) is 1.97. The molecule has 2 unspecified atom stereocenters. The second kappa shape index (κ2) is 7.56. The van der Waals surface area contributed by atoms with Crippen LogP contribution in [0.15, 0.2) is 0 Å². The maximum atomic E-state index is 3.46. The van der Waals surface area contributed by atoms with Crippen LogP contribution >= 0.6 is 0 Å². The van der Waals surface area contributed by atoms with Crippen molar-refractivity contribution in [1.29, 1.82) is 0 Å². The van der Waals surface area contributed by atoms with Gasteiger partial charge >= 0.3 is 0 Å². The lowest BCUT2D eigenvalue weighted by atomic mass is 9.96. The molecule has 0 amide bonds. The SMILES string of the molecule is CC.CCC(C)C1CCNCN1. The molecule has 2 atom stereocenters. The number of rotatable bonds is 2. The van der Waals surface area contributed by atoms with E-state index in [1.54, 1.807) is 0 Å². The summed E-state index contributed by atoms with van der Waals surface area (Å²) in [6, 6.07) is 0.756. The zero-order chi connectivity index (χ0) is 9.40. The van der Waals surface area contributed by atoms with Crippen molar-refractivity contribution in [3.8, 4) is 0 Å². The Kier molecular flexibility index (Phi) is 7.51. The summed E-state index contributed by atoms with van der Waals surface area (Å²) in [5.74, 6) is 0.835. The lowest BCUT2D eigenvalue weighted by molar-refractivity contribution is 0.299. The molecule has 0 aromatic heterocycles. The van der Waals surface area contributed by atoms with Crippen molar-refractivity contribution >= 4 is 0 Å². The first-order chi connectivity index (χ1) is 5.84. The second-order valence-electron chi connectivity index (χ2n) is 3.16. The smallest absolute Gasteiger partial charge is 0.0456 e. The van der Waals surface area contributed by atoms with Crippen molar-refractivity contribution in [1.82, 2.24) is 10.6 Å². The van der Waals surface area contributed by atoms with Crippen LogP contribution in [-0.2, 0) is 0 Å². The Morgan fingerprint density at radius 1 is 1.42 bits per heavy atom. The van der Waals surface area contributed by atoms with Crippen LogP contribution in [0.3, 0.4) is 0 Å². The van der Waals surface area contributed by atoms with Gasteiger partial charge in [0.05, 0.1) is 0 Å². The topological polar surface area (TPSA) is 24.1 Å². The first-order valence-electron chi connectivity index (χ1n) is 5.28. The molecule has 1 aliphatic heterocycles. The predicted molar refractivity (Wildman–Crippen MR) is 55.2 cm³/mol. The summed E-state index contributed by atoms with van der Waals surface area (Å²) in [4.78, 5) is 0. The van der Waals surface area contributed by atoms with E-state index in [-0.39, 0.29) is 0 Å². The van der Waals surface area contributed by atoms with Gasteiger partial charge < -0.3 is 10.6 Å². The van der Waals surface area contributed by atoms with Crippen molar-refractivity contribution in [3.63, 3.8) is 0 Å². The van der Waals surface area contributed by atoms with Crippen LogP contribution in [-0.4, -0.2) is 19.3 Å². The van der Waals surface area contributed by atoms with Gasteiger partial charge in [0.15, 0.2) is 0 Å². The van der Waals surface area contributed by atoms with Crippen molar-refractivity contribution in [2.24, 2.45) is 5.92 Å². The molecule has 2 nitrogen and oxygen atoms in total. The molecular formula is C10H24N2. The number of nitrogens with one attached hydrogen (secondary N) is 2. The summed E-state index contributed by atoms with van der Waals surface area (Å²) in [5.41, 5.74) is 0. The van der Waals surface area contributed by atoms with Crippen molar-refractivity contribution in [3.05, 3.63) is 0 Å². The van der Waals surface area contributed by atoms with E-state index in [4.69, 9.17) is 0 Å². The Balaban J connectivity index is 0.000000561. The zero-order valence-corrected chi connectivity index (χ0v) is 8.98. The highest BCUT2D eigenvalue weighted by atomic mass is 15.1. The third-order valence-corrected chi connectivity index (χ3v) is 2.45.